The van der Waals surface area contributed by atoms with Crippen molar-refractivity contribution in [1.82, 2.24) is 0 Å². The molecule has 0 spiro atoms. The molecule has 1 N–H and O–H groups in total. The molecule has 0 aliphatic heterocycles. The molecule has 0 fully saturated rings. The topological polar surface area (TPSA) is 63.6 Å². The molecule has 180 valence electrons. The molecule has 31 heavy (non-hydrogen) atoms. The monoisotopic (exact) mass is 436 g/mol. The lowest BCUT2D eigenvalue weighted by Gasteiger charge is -2.03. The van der Waals surface area contributed by atoms with Gasteiger partial charge in [-0.1, -0.05) is 83.3 Å². The predicted octanol–water partition coefficient (Wildman–Crippen LogP) is 8.04. The van der Waals surface area contributed by atoms with Crippen LogP contribution in [0.5, 0.6) is 0 Å². The van der Waals surface area contributed by atoms with E-state index in [-0.39, 0.29) is 5.97 Å². The summed E-state index contributed by atoms with van der Waals surface area (Å²) in [4.78, 5) is 21.0. The van der Waals surface area contributed by atoms with Gasteiger partial charge in [-0.2, -0.15) is 0 Å². The zero-order valence-electron chi connectivity index (χ0n) is 20.6. The van der Waals surface area contributed by atoms with E-state index in [0.717, 1.165) is 32.1 Å². The van der Waals surface area contributed by atoms with Crippen LogP contribution in [-0.2, 0) is 14.3 Å². The second-order valence-electron chi connectivity index (χ2n) is 8.22. The summed E-state index contributed by atoms with van der Waals surface area (Å²) in [5.74, 6) is -0.322. The molecule has 4 nitrogen and oxygen atoms in total. The average Bonchev–Trinajstić information content (AvgIpc) is 2.71. The summed E-state index contributed by atoms with van der Waals surface area (Å²) in [6.45, 7) is 8.76. The van der Waals surface area contributed by atoms with Gasteiger partial charge in [0.15, 0.2) is 0 Å². The summed E-state index contributed by atoms with van der Waals surface area (Å²) in [5.41, 5.74) is 0. The van der Waals surface area contributed by atoms with Crippen LogP contribution in [0.2, 0.25) is 0 Å². The number of aliphatic carboxylic acids is 1. The van der Waals surface area contributed by atoms with Crippen LogP contribution in [0.25, 0.3) is 0 Å². The van der Waals surface area contributed by atoms with Crippen molar-refractivity contribution >= 4 is 11.9 Å². The highest BCUT2D eigenvalue weighted by Gasteiger charge is 1.97. The van der Waals surface area contributed by atoms with Crippen molar-refractivity contribution < 1.29 is 19.4 Å². The highest BCUT2D eigenvalue weighted by molar-refractivity contribution is 5.81. The molecule has 0 aromatic rings. The smallest absolute Gasteiger partial charge is 0.330 e. The molecule has 0 atom stereocenters. The standard InChI is InChI=1S/C18H32O2.C9H16O2/c1-2-3-4-5-6-7-8-9-10-11-12-13-14-15-16-17-18(19)20;1-4-5-9(10)11-7-6-8(2)3/h6-7,9-10H,2-5,8,11-17H2,1H3,(H,19,20);4-5,8H,6-7H2,1-3H3. The van der Waals surface area contributed by atoms with Crippen molar-refractivity contribution in [1.29, 1.82) is 0 Å². The van der Waals surface area contributed by atoms with Crippen LogP contribution in [0.3, 0.4) is 0 Å². The van der Waals surface area contributed by atoms with E-state index in [1.165, 1.54) is 51.0 Å². The maximum absolute atomic E-state index is 10.7. The molecule has 0 saturated carbocycles. The fourth-order valence-electron chi connectivity index (χ4n) is 2.67. The summed E-state index contributed by atoms with van der Waals surface area (Å²) < 4.78 is 4.87. The van der Waals surface area contributed by atoms with E-state index < -0.39 is 5.97 Å². The maximum atomic E-state index is 10.7. The third-order valence-electron chi connectivity index (χ3n) is 4.58. The first-order valence-electron chi connectivity index (χ1n) is 12.2. The van der Waals surface area contributed by atoms with Gasteiger partial charge in [0.1, 0.15) is 0 Å². The summed E-state index contributed by atoms with van der Waals surface area (Å²) in [6.07, 6.45) is 26.3. The minimum absolute atomic E-state index is 0.242. The predicted molar refractivity (Wildman–Crippen MR) is 132 cm³/mol. The van der Waals surface area contributed by atoms with Crippen LogP contribution in [0, 0.1) is 5.92 Å². The van der Waals surface area contributed by atoms with Crippen LogP contribution in [0.15, 0.2) is 36.5 Å². The van der Waals surface area contributed by atoms with Gasteiger partial charge in [-0.25, -0.2) is 4.79 Å². The second-order valence-corrected chi connectivity index (χ2v) is 8.22. The van der Waals surface area contributed by atoms with Crippen LogP contribution >= 0.6 is 0 Å². The molecule has 0 aliphatic carbocycles. The Hall–Kier alpha value is -1.84. The number of carbonyl (C=O) groups is 2. The molecule has 4 heteroatoms. The van der Waals surface area contributed by atoms with Crippen LogP contribution < -0.4 is 0 Å². The quantitative estimate of drug-likeness (QED) is 0.102. The minimum Gasteiger partial charge on any atom is -0.481 e. The van der Waals surface area contributed by atoms with E-state index in [4.69, 9.17) is 9.84 Å². The normalized spacial score (nSPS) is 11.4. The van der Waals surface area contributed by atoms with Gasteiger partial charge in [0.2, 0.25) is 0 Å². The van der Waals surface area contributed by atoms with E-state index in [0.29, 0.717) is 18.9 Å². The van der Waals surface area contributed by atoms with Gasteiger partial charge in [-0.15, -0.1) is 0 Å². The van der Waals surface area contributed by atoms with Gasteiger partial charge >= 0.3 is 11.9 Å². The molecule has 0 rings (SSSR count). The van der Waals surface area contributed by atoms with Gasteiger partial charge < -0.3 is 9.84 Å². The Bertz CT molecular complexity index is 489. The summed E-state index contributed by atoms with van der Waals surface area (Å²) in [6, 6.07) is 0. The SMILES string of the molecule is CC=CC(=O)OCCC(C)C.CCCCCC=CCC=CCCCCCCCC(=O)O. The molecule has 0 aliphatic rings. The Morgan fingerprint density at radius 1 is 0.871 bits per heavy atom. The molecule has 0 radical (unpaired) electrons. The Balaban J connectivity index is 0. The number of carbonyl (C=O) groups excluding carboxylic acids is 1. The Morgan fingerprint density at radius 3 is 2.00 bits per heavy atom. The highest BCUT2D eigenvalue weighted by atomic mass is 16.5. The number of unbranched alkanes of at least 4 members (excludes halogenated alkanes) is 8. The van der Waals surface area contributed by atoms with E-state index in [2.05, 4.69) is 45.1 Å². The van der Waals surface area contributed by atoms with Gasteiger partial charge in [0, 0.05) is 12.5 Å². The molecule has 0 unspecified atom stereocenters. The second kappa shape index (κ2) is 26.2. The zero-order chi connectivity index (χ0) is 23.6. The van der Waals surface area contributed by atoms with E-state index in [1.54, 1.807) is 13.0 Å². The summed E-state index contributed by atoms with van der Waals surface area (Å²) in [5, 5.41) is 8.50. The van der Waals surface area contributed by atoms with Crippen molar-refractivity contribution in [3.05, 3.63) is 36.5 Å². The van der Waals surface area contributed by atoms with E-state index in [9.17, 15) is 9.59 Å². The molecule has 0 aromatic heterocycles. The van der Waals surface area contributed by atoms with E-state index in [1.807, 2.05) is 0 Å². The van der Waals surface area contributed by atoms with Gasteiger partial charge in [0.25, 0.3) is 0 Å². The van der Waals surface area contributed by atoms with Crippen molar-refractivity contribution in [3.8, 4) is 0 Å². The van der Waals surface area contributed by atoms with Gasteiger partial charge in [-0.05, 0) is 57.8 Å². The number of allylic oxidation sites excluding steroid dienone is 5. The lowest BCUT2D eigenvalue weighted by Crippen LogP contribution is -2.04. The van der Waals surface area contributed by atoms with Crippen molar-refractivity contribution in [2.45, 2.75) is 111 Å². The molecule has 0 aromatic carbocycles. The van der Waals surface area contributed by atoms with Crippen LogP contribution in [-0.4, -0.2) is 23.7 Å². The molecule has 0 heterocycles. The molecular weight excluding hydrogens is 388 g/mol. The molecule has 0 saturated heterocycles. The maximum Gasteiger partial charge on any atom is 0.330 e. The Morgan fingerprint density at radius 2 is 1.45 bits per heavy atom. The summed E-state index contributed by atoms with van der Waals surface area (Å²) in [7, 11) is 0. The highest BCUT2D eigenvalue weighted by Crippen LogP contribution is 2.08. The molecular formula is C27H48O4. The fraction of sp³-hybridized carbons (Fsp3) is 0.704. The Labute approximate surface area is 191 Å². The number of ether oxygens (including phenoxy) is 1. The fourth-order valence-corrected chi connectivity index (χ4v) is 2.67. The Kier molecular flexibility index (Phi) is 26.5. The van der Waals surface area contributed by atoms with Crippen LogP contribution in [0.4, 0.5) is 0 Å². The molecule has 0 bridgehead atoms. The van der Waals surface area contributed by atoms with Crippen molar-refractivity contribution in [3.63, 3.8) is 0 Å². The summed E-state index contributed by atoms with van der Waals surface area (Å²) >= 11 is 0. The zero-order valence-corrected chi connectivity index (χ0v) is 20.6. The average molecular weight is 437 g/mol. The van der Waals surface area contributed by atoms with Gasteiger partial charge in [-0.3, -0.25) is 4.79 Å². The third kappa shape index (κ3) is 33.0. The van der Waals surface area contributed by atoms with Crippen molar-refractivity contribution in [2.75, 3.05) is 6.61 Å². The number of rotatable bonds is 18. The number of esters is 1. The lowest BCUT2D eigenvalue weighted by molar-refractivity contribution is -0.138. The lowest BCUT2D eigenvalue weighted by atomic mass is 10.1. The minimum atomic E-state index is -0.671. The van der Waals surface area contributed by atoms with Gasteiger partial charge in [0.05, 0.1) is 6.61 Å². The first kappa shape index (κ1) is 31.3. The molecule has 0 amide bonds. The first-order chi connectivity index (χ1) is 14.9. The number of carboxylic acids is 1. The first-order valence-corrected chi connectivity index (χ1v) is 12.2. The third-order valence-corrected chi connectivity index (χ3v) is 4.58. The van der Waals surface area contributed by atoms with E-state index >= 15 is 0 Å². The number of hydrogen-bond acceptors (Lipinski definition) is 3. The largest absolute Gasteiger partial charge is 0.481 e. The van der Waals surface area contributed by atoms with Crippen molar-refractivity contribution in [2.24, 2.45) is 5.92 Å². The number of carboxylic acid groups (broad SMARTS) is 1. The van der Waals surface area contributed by atoms with Crippen LogP contribution in [0.1, 0.15) is 111 Å². The number of hydrogen-bond donors (Lipinski definition) is 1.